The quantitative estimate of drug-likeness (QED) is 0.720. The molecule has 0 aromatic carbocycles. The van der Waals surface area contributed by atoms with E-state index in [1.807, 2.05) is 20.8 Å². The van der Waals surface area contributed by atoms with Crippen molar-refractivity contribution in [1.82, 2.24) is 16.0 Å². The Morgan fingerprint density at radius 3 is 2.65 bits per heavy atom. The second-order valence-electron chi connectivity index (χ2n) is 7.41. The van der Waals surface area contributed by atoms with Crippen molar-refractivity contribution in [3.8, 4) is 0 Å². The highest BCUT2D eigenvalue weighted by molar-refractivity contribution is 5.76. The number of hydrogen-bond acceptors (Lipinski definition) is 3. The second kappa shape index (κ2) is 6.90. The first-order valence-corrected chi connectivity index (χ1v) is 8.23. The summed E-state index contributed by atoms with van der Waals surface area (Å²) in [5, 5.41) is 10.3. The Bertz CT molecular complexity index is 318. The summed E-state index contributed by atoms with van der Waals surface area (Å²) in [6, 6.07) is 1.31. The Kier molecular flexibility index (Phi) is 5.44. The molecule has 0 spiro atoms. The zero-order valence-corrected chi connectivity index (χ0v) is 13.3. The van der Waals surface area contributed by atoms with Gasteiger partial charge in [-0.2, -0.15) is 0 Å². The lowest BCUT2D eigenvalue weighted by Crippen LogP contribution is -2.45. The molecule has 2 rings (SSSR count). The number of rotatable bonds is 5. The topological polar surface area (TPSA) is 53.2 Å². The fourth-order valence-corrected chi connectivity index (χ4v) is 3.65. The van der Waals surface area contributed by atoms with E-state index in [1.165, 1.54) is 38.6 Å². The predicted octanol–water partition coefficient (Wildman–Crippen LogP) is 1.80. The smallest absolute Gasteiger partial charge is 0.221 e. The lowest BCUT2D eigenvalue weighted by Gasteiger charge is -2.27. The molecule has 3 N–H and O–H groups in total. The van der Waals surface area contributed by atoms with Crippen LogP contribution in [0, 0.1) is 5.92 Å². The molecule has 20 heavy (non-hydrogen) atoms. The third-order valence-corrected chi connectivity index (χ3v) is 4.46. The van der Waals surface area contributed by atoms with Gasteiger partial charge >= 0.3 is 0 Å². The molecule has 3 atom stereocenters. The molecule has 2 fully saturated rings. The zero-order valence-electron chi connectivity index (χ0n) is 13.3. The summed E-state index contributed by atoms with van der Waals surface area (Å²) in [6.07, 6.45) is 7.16. The molecule has 1 saturated carbocycles. The Balaban J connectivity index is 1.69. The standard InChI is InChI=1S/C16H31N3O/c1-16(2,3)19-15(20)9-11-18-13-7-4-6-12(13)14-8-5-10-17-14/h12-14,17-18H,4-11H2,1-3H3,(H,19,20). The van der Waals surface area contributed by atoms with Gasteiger partial charge in [-0.15, -0.1) is 0 Å². The first kappa shape index (κ1) is 15.8. The van der Waals surface area contributed by atoms with E-state index in [2.05, 4.69) is 16.0 Å². The molecule has 1 heterocycles. The van der Waals surface area contributed by atoms with Crippen molar-refractivity contribution >= 4 is 5.91 Å². The predicted molar refractivity (Wildman–Crippen MR) is 82.7 cm³/mol. The van der Waals surface area contributed by atoms with Crippen LogP contribution >= 0.6 is 0 Å². The van der Waals surface area contributed by atoms with Crippen LogP contribution in [0.2, 0.25) is 0 Å². The summed E-state index contributed by atoms with van der Waals surface area (Å²) in [6.45, 7) is 8.06. The lowest BCUT2D eigenvalue weighted by atomic mass is 9.93. The molecule has 4 heteroatoms. The maximum Gasteiger partial charge on any atom is 0.221 e. The van der Waals surface area contributed by atoms with Crippen LogP contribution < -0.4 is 16.0 Å². The molecule has 1 amide bonds. The van der Waals surface area contributed by atoms with Crippen molar-refractivity contribution in [2.75, 3.05) is 13.1 Å². The zero-order chi connectivity index (χ0) is 14.6. The molecule has 1 saturated heterocycles. The summed E-state index contributed by atoms with van der Waals surface area (Å²) in [7, 11) is 0. The molecule has 1 aliphatic heterocycles. The van der Waals surface area contributed by atoms with Gasteiger partial charge in [0.25, 0.3) is 0 Å². The Morgan fingerprint density at radius 1 is 1.20 bits per heavy atom. The molecular weight excluding hydrogens is 250 g/mol. The van der Waals surface area contributed by atoms with Crippen molar-refractivity contribution < 1.29 is 4.79 Å². The van der Waals surface area contributed by atoms with E-state index in [0.717, 1.165) is 12.5 Å². The number of carbonyl (C=O) groups is 1. The van der Waals surface area contributed by atoms with Gasteiger partial charge in [0.15, 0.2) is 0 Å². The molecule has 1 aliphatic carbocycles. The van der Waals surface area contributed by atoms with Gasteiger partial charge in [-0.05, 0) is 58.9 Å². The number of carbonyl (C=O) groups excluding carboxylic acids is 1. The van der Waals surface area contributed by atoms with Gasteiger partial charge in [0.1, 0.15) is 0 Å². The molecule has 0 bridgehead atoms. The van der Waals surface area contributed by atoms with Crippen LogP contribution in [0.1, 0.15) is 59.3 Å². The van der Waals surface area contributed by atoms with E-state index >= 15 is 0 Å². The summed E-state index contributed by atoms with van der Waals surface area (Å²) < 4.78 is 0. The average Bonchev–Trinajstić information content (AvgIpc) is 2.95. The van der Waals surface area contributed by atoms with Gasteiger partial charge in [-0.25, -0.2) is 0 Å². The molecular formula is C16H31N3O. The van der Waals surface area contributed by atoms with Crippen LogP contribution in [0.4, 0.5) is 0 Å². The van der Waals surface area contributed by atoms with Crippen molar-refractivity contribution in [2.45, 2.75) is 76.9 Å². The van der Waals surface area contributed by atoms with Gasteiger partial charge < -0.3 is 16.0 Å². The molecule has 2 aliphatic rings. The van der Waals surface area contributed by atoms with Gasteiger partial charge in [-0.1, -0.05) is 6.42 Å². The second-order valence-corrected chi connectivity index (χ2v) is 7.41. The van der Waals surface area contributed by atoms with Gasteiger partial charge in [0, 0.05) is 30.6 Å². The van der Waals surface area contributed by atoms with Gasteiger partial charge in [0.2, 0.25) is 5.91 Å². The maximum absolute atomic E-state index is 11.8. The fraction of sp³-hybridized carbons (Fsp3) is 0.938. The van der Waals surface area contributed by atoms with Crippen molar-refractivity contribution in [3.63, 3.8) is 0 Å². The Hall–Kier alpha value is -0.610. The highest BCUT2D eigenvalue weighted by Gasteiger charge is 2.34. The fourth-order valence-electron chi connectivity index (χ4n) is 3.65. The molecule has 0 aromatic heterocycles. The third kappa shape index (κ3) is 4.74. The highest BCUT2D eigenvalue weighted by Crippen LogP contribution is 2.31. The van der Waals surface area contributed by atoms with E-state index < -0.39 is 0 Å². The number of amides is 1. The summed E-state index contributed by atoms with van der Waals surface area (Å²) in [5.74, 6) is 0.918. The minimum absolute atomic E-state index is 0.124. The summed E-state index contributed by atoms with van der Waals surface area (Å²) in [4.78, 5) is 11.8. The van der Waals surface area contributed by atoms with E-state index in [4.69, 9.17) is 0 Å². The molecule has 0 aromatic rings. The van der Waals surface area contributed by atoms with E-state index in [0.29, 0.717) is 18.5 Å². The number of nitrogens with one attached hydrogen (secondary N) is 3. The minimum atomic E-state index is -0.124. The highest BCUT2D eigenvalue weighted by atomic mass is 16.1. The van der Waals surface area contributed by atoms with Crippen LogP contribution in [0.3, 0.4) is 0 Å². The van der Waals surface area contributed by atoms with E-state index in [9.17, 15) is 4.79 Å². The first-order chi connectivity index (χ1) is 9.46. The van der Waals surface area contributed by atoms with E-state index in [1.54, 1.807) is 0 Å². The molecule has 0 radical (unpaired) electrons. The molecule has 3 unspecified atom stereocenters. The molecule has 116 valence electrons. The van der Waals surface area contributed by atoms with Crippen LogP contribution in [0.25, 0.3) is 0 Å². The van der Waals surface area contributed by atoms with Crippen LogP contribution in [0.5, 0.6) is 0 Å². The largest absolute Gasteiger partial charge is 0.351 e. The SMILES string of the molecule is CC(C)(C)NC(=O)CCNC1CCCC1C1CCCN1. The summed E-state index contributed by atoms with van der Waals surface area (Å²) >= 11 is 0. The van der Waals surface area contributed by atoms with Gasteiger partial charge in [-0.3, -0.25) is 4.79 Å². The lowest BCUT2D eigenvalue weighted by molar-refractivity contribution is -0.122. The van der Waals surface area contributed by atoms with Crippen molar-refractivity contribution in [2.24, 2.45) is 5.92 Å². The monoisotopic (exact) mass is 281 g/mol. The minimum Gasteiger partial charge on any atom is -0.351 e. The summed E-state index contributed by atoms with van der Waals surface area (Å²) in [5.41, 5.74) is -0.124. The average molecular weight is 281 g/mol. The third-order valence-electron chi connectivity index (χ3n) is 4.46. The van der Waals surface area contributed by atoms with Crippen molar-refractivity contribution in [3.05, 3.63) is 0 Å². The molecule has 4 nitrogen and oxygen atoms in total. The Morgan fingerprint density at radius 2 is 2.00 bits per heavy atom. The maximum atomic E-state index is 11.8. The van der Waals surface area contributed by atoms with Gasteiger partial charge in [0.05, 0.1) is 0 Å². The van der Waals surface area contributed by atoms with Crippen LogP contribution in [0.15, 0.2) is 0 Å². The van der Waals surface area contributed by atoms with Crippen LogP contribution in [-0.2, 0) is 4.79 Å². The first-order valence-electron chi connectivity index (χ1n) is 8.23. The van der Waals surface area contributed by atoms with Crippen molar-refractivity contribution in [1.29, 1.82) is 0 Å². The normalized spacial score (nSPS) is 30.6. The Labute approximate surface area is 123 Å². The van der Waals surface area contributed by atoms with E-state index in [-0.39, 0.29) is 11.4 Å². The number of hydrogen-bond donors (Lipinski definition) is 3. The van der Waals surface area contributed by atoms with Crippen LogP contribution in [-0.4, -0.2) is 36.6 Å².